The molecule has 0 radical (unpaired) electrons. The van der Waals surface area contributed by atoms with Crippen LogP contribution in [-0.4, -0.2) is 17.3 Å². The fourth-order valence-electron chi connectivity index (χ4n) is 2.11. The van der Waals surface area contributed by atoms with E-state index in [4.69, 9.17) is 11.6 Å². The van der Waals surface area contributed by atoms with Crippen LogP contribution in [0.2, 0.25) is 0 Å². The van der Waals surface area contributed by atoms with Crippen molar-refractivity contribution in [3.63, 3.8) is 0 Å². The summed E-state index contributed by atoms with van der Waals surface area (Å²) in [6, 6.07) is 2.05. The quantitative estimate of drug-likeness (QED) is 0.466. The van der Waals surface area contributed by atoms with Crippen molar-refractivity contribution in [1.29, 1.82) is 0 Å². The van der Waals surface area contributed by atoms with E-state index in [9.17, 15) is 4.79 Å². The lowest BCUT2D eigenvalue weighted by molar-refractivity contribution is 0.0934. The Kier molecular flexibility index (Phi) is 5.11. The Morgan fingerprint density at radius 1 is 1.41 bits per heavy atom. The van der Waals surface area contributed by atoms with Gasteiger partial charge in [0.2, 0.25) is 0 Å². The molecule has 1 amide bonds. The second-order valence-electron chi connectivity index (χ2n) is 4.37. The third-order valence-electron chi connectivity index (χ3n) is 3.08. The van der Waals surface area contributed by atoms with Crippen molar-refractivity contribution < 1.29 is 4.79 Å². The van der Waals surface area contributed by atoms with Gasteiger partial charge in [-0.15, -0.1) is 22.9 Å². The molecule has 1 aromatic rings. The molecule has 0 saturated heterocycles. The van der Waals surface area contributed by atoms with E-state index in [1.807, 2.05) is 11.4 Å². The average Bonchev–Trinajstić information content (AvgIpc) is 2.63. The van der Waals surface area contributed by atoms with Crippen LogP contribution in [-0.2, 0) is 0 Å². The van der Waals surface area contributed by atoms with E-state index in [1.54, 1.807) is 11.3 Å². The van der Waals surface area contributed by atoms with Crippen molar-refractivity contribution in [3.8, 4) is 0 Å². The van der Waals surface area contributed by atoms with Crippen LogP contribution >= 0.6 is 45.5 Å². The van der Waals surface area contributed by atoms with Crippen LogP contribution in [0.5, 0.6) is 0 Å². The number of carbonyl (C=O) groups excluding carboxylic acids is 1. The number of thiophene rings is 1. The first kappa shape index (κ1) is 13.6. The maximum Gasteiger partial charge on any atom is 0.252 e. The third-order valence-corrected chi connectivity index (χ3v) is 5.39. The molecule has 1 heterocycles. The number of hydrogen-bond acceptors (Lipinski definition) is 2. The van der Waals surface area contributed by atoms with E-state index in [2.05, 4.69) is 27.9 Å². The van der Waals surface area contributed by atoms with Gasteiger partial charge in [0, 0.05) is 11.4 Å². The van der Waals surface area contributed by atoms with Gasteiger partial charge in [0.1, 0.15) is 0 Å². The van der Waals surface area contributed by atoms with Crippen LogP contribution in [0.3, 0.4) is 0 Å². The highest BCUT2D eigenvalue weighted by molar-refractivity contribution is 14.1. The summed E-state index contributed by atoms with van der Waals surface area (Å²) in [4.78, 5) is 12.0. The van der Waals surface area contributed by atoms with E-state index in [-0.39, 0.29) is 17.3 Å². The largest absolute Gasteiger partial charge is 0.348 e. The molecular weight excluding hydrogens is 369 g/mol. The summed E-state index contributed by atoms with van der Waals surface area (Å²) in [5, 5.41) is 5.05. The van der Waals surface area contributed by atoms with Gasteiger partial charge in [-0.3, -0.25) is 4.79 Å². The minimum Gasteiger partial charge on any atom is -0.348 e. The van der Waals surface area contributed by atoms with E-state index in [0.717, 1.165) is 27.7 Å². The second-order valence-corrected chi connectivity index (χ2v) is 7.74. The third kappa shape index (κ3) is 3.83. The minimum absolute atomic E-state index is 0.0155. The Morgan fingerprint density at radius 2 is 2.18 bits per heavy atom. The lowest BCUT2D eigenvalue weighted by Gasteiger charge is -2.20. The van der Waals surface area contributed by atoms with E-state index in [0.29, 0.717) is 0 Å². The predicted molar refractivity (Wildman–Crippen MR) is 81.0 cm³/mol. The number of carbonyl (C=O) groups is 1. The Bertz CT molecular complexity index is 396. The van der Waals surface area contributed by atoms with Gasteiger partial charge < -0.3 is 5.32 Å². The van der Waals surface area contributed by atoms with E-state index in [1.165, 1.54) is 12.8 Å². The molecule has 2 rings (SSSR count). The molecule has 2 atom stereocenters. The van der Waals surface area contributed by atoms with Crippen molar-refractivity contribution in [1.82, 2.24) is 5.32 Å². The lowest BCUT2D eigenvalue weighted by Crippen LogP contribution is -2.40. The average molecular weight is 384 g/mol. The van der Waals surface area contributed by atoms with Crippen LogP contribution in [0.1, 0.15) is 42.5 Å². The van der Waals surface area contributed by atoms with Crippen LogP contribution in [0.25, 0.3) is 0 Å². The lowest BCUT2D eigenvalue weighted by atomic mass is 10.1. The number of alkyl halides is 1. The summed E-state index contributed by atoms with van der Waals surface area (Å²) < 4.78 is 1.14. The number of nitrogens with one attached hydrogen (secondary N) is 1. The van der Waals surface area contributed by atoms with Gasteiger partial charge >= 0.3 is 0 Å². The van der Waals surface area contributed by atoms with Crippen molar-refractivity contribution in [2.24, 2.45) is 0 Å². The highest BCUT2D eigenvalue weighted by Crippen LogP contribution is 2.23. The molecule has 0 aliphatic heterocycles. The Balaban J connectivity index is 1.97. The smallest absolute Gasteiger partial charge is 0.252 e. The van der Waals surface area contributed by atoms with Gasteiger partial charge in [0.05, 0.1) is 13.8 Å². The van der Waals surface area contributed by atoms with Crippen molar-refractivity contribution in [2.75, 3.05) is 0 Å². The predicted octanol–water partition coefficient (Wildman–Crippen LogP) is 4.02. The van der Waals surface area contributed by atoms with Gasteiger partial charge in [0.25, 0.3) is 5.91 Å². The number of amides is 1. The molecule has 0 aromatic carbocycles. The van der Waals surface area contributed by atoms with Gasteiger partial charge in [-0.05, 0) is 41.5 Å². The molecule has 17 heavy (non-hydrogen) atoms. The van der Waals surface area contributed by atoms with E-state index >= 15 is 0 Å². The molecule has 1 aliphatic rings. The SMILES string of the molecule is O=C(NC1CCCCCC1Cl)c1csc(I)c1. The topological polar surface area (TPSA) is 29.1 Å². The van der Waals surface area contributed by atoms with Crippen LogP contribution in [0, 0.1) is 2.88 Å². The first-order valence-corrected chi connectivity index (χ1v) is 8.25. The van der Waals surface area contributed by atoms with Crippen LogP contribution in [0.15, 0.2) is 11.4 Å². The van der Waals surface area contributed by atoms with Gasteiger partial charge in [-0.1, -0.05) is 19.3 Å². The van der Waals surface area contributed by atoms with Crippen molar-refractivity contribution >= 4 is 51.4 Å². The number of halogens is 2. The van der Waals surface area contributed by atoms with Crippen LogP contribution in [0.4, 0.5) is 0 Å². The highest BCUT2D eigenvalue weighted by Gasteiger charge is 2.23. The molecule has 1 aromatic heterocycles. The second kappa shape index (κ2) is 6.38. The maximum atomic E-state index is 12.0. The Labute approximate surface area is 124 Å². The fourth-order valence-corrected chi connectivity index (χ4v) is 3.78. The monoisotopic (exact) mass is 383 g/mol. The number of hydrogen-bond donors (Lipinski definition) is 1. The summed E-state index contributed by atoms with van der Waals surface area (Å²) in [5.41, 5.74) is 0.757. The summed E-state index contributed by atoms with van der Waals surface area (Å²) in [7, 11) is 0. The minimum atomic E-state index is 0.0155. The molecule has 2 unspecified atom stereocenters. The zero-order valence-electron chi connectivity index (χ0n) is 9.42. The molecule has 1 saturated carbocycles. The van der Waals surface area contributed by atoms with Crippen molar-refractivity contribution in [2.45, 2.75) is 43.5 Å². The standard InChI is InChI=1S/C12H15ClINOS/c13-9-4-2-1-3-5-10(9)15-12(16)8-6-11(14)17-7-8/h6-7,9-10H,1-5H2,(H,15,16). The molecule has 2 nitrogen and oxygen atoms in total. The van der Waals surface area contributed by atoms with Crippen molar-refractivity contribution in [3.05, 3.63) is 19.9 Å². The molecule has 5 heteroatoms. The molecule has 1 aliphatic carbocycles. The zero-order valence-corrected chi connectivity index (χ0v) is 13.1. The normalized spacial score (nSPS) is 25.3. The maximum absolute atomic E-state index is 12.0. The van der Waals surface area contributed by atoms with Gasteiger partial charge in [-0.2, -0.15) is 0 Å². The summed E-state index contributed by atoms with van der Waals surface area (Å²) in [6.45, 7) is 0. The Hall–Kier alpha value is 0.190. The first-order chi connectivity index (χ1) is 8.16. The first-order valence-electron chi connectivity index (χ1n) is 5.86. The van der Waals surface area contributed by atoms with Gasteiger partial charge in [-0.25, -0.2) is 0 Å². The molecule has 0 bridgehead atoms. The van der Waals surface area contributed by atoms with Gasteiger partial charge in [0.15, 0.2) is 0 Å². The highest BCUT2D eigenvalue weighted by atomic mass is 127. The molecule has 1 N–H and O–H groups in total. The zero-order chi connectivity index (χ0) is 12.3. The van der Waals surface area contributed by atoms with Crippen LogP contribution < -0.4 is 5.32 Å². The molecule has 0 spiro atoms. The summed E-state index contributed by atoms with van der Waals surface area (Å²) in [5.74, 6) is 0.0155. The molecular formula is C12H15ClINOS. The summed E-state index contributed by atoms with van der Waals surface area (Å²) >= 11 is 10.1. The number of rotatable bonds is 2. The molecule has 1 fully saturated rings. The fraction of sp³-hybridized carbons (Fsp3) is 0.583. The van der Waals surface area contributed by atoms with E-state index < -0.39 is 0 Å². The molecule has 94 valence electrons. The Morgan fingerprint density at radius 3 is 2.88 bits per heavy atom. The summed E-state index contributed by atoms with van der Waals surface area (Å²) in [6.07, 6.45) is 5.58.